The molecule has 0 aromatic heterocycles. The van der Waals surface area contributed by atoms with Crippen LogP contribution in [0, 0.1) is 12.1 Å². The van der Waals surface area contributed by atoms with Crippen molar-refractivity contribution in [2.45, 2.75) is 44.3 Å². The fraction of sp³-hybridized carbons (Fsp3) is 0.520. The van der Waals surface area contributed by atoms with Gasteiger partial charge in [0.1, 0.15) is 0 Å². The quantitative estimate of drug-likeness (QED) is 0.358. The van der Waals surface area contributed by atoms with Crippen molar-refractivity contribution >= 4 is 44.2 Å². The first kappa shape index (κ1) is 25.1. The summed E-state index contributed by atoms with van der Waals surface area (Å²) in [5.41, 5.74) is 6.68. The third-order valence-electron chi connectivity index (χ3n) is 6.65. The van der Waals surface area contributed by atoms with Crippen molar-refractivity contribution in [3.05, 3.63) is 48.0 Å². The van der Waals surface area contributed by atoms with Crippen LogP contribution in [0.1, 0.15) is 36.5 Å². The zero-order valence-electron chi connectivity index (χ0n) is 19.6. The van der Waals surface area contributed by atoms with Crippen molar-refractivity contribution in [2.24, 2.45) is 11.6 Å². The van der Waals surface area contributed by atoms with Crippen molar-refractivity contribution in [1.29, 1.82) is 0 Å². The largest absolute Gasteiger partial charge is 0.336 e. The smallest absolute Gasteiger partial charge is 0.255 e. The number of benzene rings is 1. The first-order chi connectivity index (χ1) is 16.5. The van der Waals surface area contributed by atoms with Gasteiger partial charge in [-0.05, 0) is 30.0 Å². The number of nitrogens with two attached hydrogens (primary N) is 2. The molecule has 2 aliphatic rings. The van der Waals surface area contributed by atoms with E-state index in [4.69, 9.17) is 11.6 Å². The summed E-state index contributed by atoms with van der Waals surface area (Å²) in [7, 11) is 3.36. The van der Waals surface area contributed by atoms with Gasteiger partial charge in [-0.15, -0.1) is 0 Å². The molecule has 1 unspecified atom stereocenters. The maximum Gasteiger partial charge on any atom is 0.255 e. The molecule has 0 spiro atoms. The molecule has 9 heteroatoms. The predicted molar refractivity (Wildman–Crippen MR) is 140 cm³/mol. The summed E-state index contributed by atoms with van der Waals surface area (Å²) in [6.07, 6.45) is 3.19. The molecular formula is C25H33N5O2S2. The van der Waals surface area contributed by atoms with Crippen LogP contribution in [0.5, 0.6) is 0 Å². The molecule has 0 radical (unpaired) electrons. The fourth-order valence-corrected chi connectivity index (χ4v) is 7.05. The standard InChI is InChI=1S/C25H33N5O2S2/c1-2-3-9-19-14-29(24(31)22-11-6-8-18-7-4-5-10-21(18)22)13-12-28(19)15-20-16-33-34-17-23(26)25(32)30(20)27/h4,6-8,11,19-20,23H,2-3,9,12-17,26-27H2,1H3/t19?,20-,23+/m1/s1. The van der Waals surface area contributed by atoms with Crippen molar-refractivity contribution in [2.75, 3.05) is 37.7 Å². The van der Waals surface area contributed by atoms with Gasteiger partial charge >= 0.3 is 0 Å². The van der Waals surface area contributed by atoms with Gasteiger partial charge in [-0.2, -0.15) is 0 Å². The second kappa shape index (κ2) is 11.6. The Labute approximate surface area is 209 Å². The van der Waals surface area contributed by atoms with E-state index in [-0.39, 0.29) is 23.9 Å². The van der Waals surface area contributed by atoms with Crippen LogP contribution in [0.4, 0.5) is 0 Å². The Morgan fingerprint density at radius 3 is 2.82 bits per heavy atom. The number of amides is 2. The van der Waals surface area contributed by atoms with Gasteiger partial charge < -0.3 is 10.6 Å². The van der Waals surface area contributed by atoms with Crippen LogP contribution in [0.3, 0.4) is 0 Å². The third kappa shape index (κ3) is 5.64. The summed E-state index contributed by atoms with van der Waals surface area (Å²) in [5.74, 6) is 7.42. The van der Waals surface area contributed by atoms with Crippen molar-refractivity contribution in [3.8, 4) is 0 Å². The Hall–Kier alpha value is -1.96. The van der Waals surface area contributed by atoms with E-state index in [1.807, 2.05) is 35.2 Å². The van der Waals surface area contributed by atoms with Gasteiger partial charge in [-0.25, -0.2) is 5.84 Å². The number of unbranched alkanes of at least 4 members (excludes halogenated alkanes) is 1. The lowest BCUT2D eigenvalue weighted by atomic mass is 10.0. The third-order valence-corrected chi connectivity index (χ3v) is 9.15. The Kier molecular flexibility index (Phi) is 8.61. The summed E-state index contributed by atoms with van der Waals surface area (Å²) in [4.78, 5) is 30.5. The van der Waals surface area contributed by atoms with Gasteiger partial charge in [0.15, 0.2) is 0 Å². The number of fused-ring (bicyclic) bond motifs is 1. The van der Waals surface area contributed by atoms with Crippen LogP contribution < -0.4 is 11.6 Å². The summed E-state index contributed by atoms with van der Waals surface area (Å²) in [6.45, 7) is 4.93. The molecule has 2 heterocycles. The minimum atomic E-state index is -0.564. The number of rotatable bonds is 6. The SMILES string of the molecule is CCCCC1CN(C(=O)c2cccc3ccc#cc23)CCN1C[C@@H]1CSSC[C@H](N)C(=O)N1N. The van der Waals surface area contributed by atoms with Gasteiger partial charge in [-0.3, -0.25) is 19.5 Å². The van der Waals surface area contributed by atoms with Crippen LogP contribution in [0.25, 0.3) is 10.8 Å². The Morgan fingerprint density at radius 1 is 1.18 bits per heavy atom. The van der Waals surface area contributed by atoms with Crippen molar-refractivity contribution in [3.63, 3.8) is 0 Å². The number of nitrogens with zero attached hydrogens (tertiary/aromatic N) is 3. The monoisotopic (exact) mass is 499 g/mol. The van der Waals surface area contributed by atoms with Gasteiger partial charge in [0.25, 0.3) is 11.8 Å². The normalized spacial score (nSPS) is 24.6. The number of carbonyl (C=O) groups excluding carboxylic acids is 2. The number of piperazine rings is 1. The lowest BCUT2D eigenvalue weighted by Gasteiger charge is -2.44. The highest BCUT2D eigenvalue weighted by molar-refractivity contribution is 8.76. The fourth-order valence-electron chi connectivity index (χ4n) is 4.66. The van der Waals surface area contributed by atoms with Crippen molar-refractivity contribution < 1.29 is 9.59 Å². The molecule has 0 aliphatic carbocycles. The number of hydrogen-bond acceptors (Lipinski definition) is 7. The number of hydrogen-bond donors (Lipinski definition) is 2. The minimum Gasteiger partial charge on any atom is -0.336 e. The first-order valence-electron chi connectivity index (χ1n) is 11.9. The number of hydrazine groups is 1. The zero-order valence-corrected chi connectivity index (χ0v) is 21.2. The summed E-state index contributed by atoms with van der Waals surface area (Å²) in [5, 5.41) is 3.17. The molecule has 34 heavy (non-hydrogen) atoms. The average Bonchev–Trinajstić information content (AvgIpc) is 2.87. The van der Waals surface area contributed by atoms with E-state index in [0.717, 1.165) is 42.3 Å². The highest BCUT2D eigenvalue weighted by Gasteiger charge is 2.35. The second-order valence-corrected chi connectivity index (χ2v) is 11.5. The molecule has 4 N–H and O–H groups in total. The van der Waals surface area contributed by atoms with E-state index in [1.54, 1.807) is 21.6 Å². The molecule has 2 aromatic rings. The maximum atomic E-state index is 13.5. The van der Waals surface area contributed by atoms with E-state index in [0.29, 0.717) is 31.0 Å². The Bertz CT molecular complexity index is 1000. The Morgan fingerprint density at radius 2 is 2.00 bits per heavy atom. The van der Waals surface area contributed by atoms with Crippen LogP contribution in [-0.4, -0.2) is 82.4 Å². The molecule has 2 saturated heterocycles. The van der Waals surface area contributed by atoms with Crippen LogP contribution in [0.2, 0.25) is 0 Å². The van der Waals surface area contributed by atoms with Gasteiger partial charge in [0, 0.05) is 49.1 Å². The number of carbonyl (C=O) groups is 2. The zero-order chi connectivity index (χ0) is 24.1. The molecule has 3 atom stereocenters. The minimum absolute atomic E-state index is 0.0436. The van der Waals surface area contributed by atoms with Crippen LogP contribution in [0.15, 0.2) is 30.3 Å². The molecule has 2 amide bonds. The van der Waals surface area contributed by atoms with E-state index in [1.165, 1.54) is 5.01 Å². The molecule has 2 aliphatic heterocycles. The van der Waals surface area contributed by atoms with E-state index in [9.17, 15) is 9.59 Å². The molecular weight excluding hydrogens is 466 g/mol. The average molecular weight is 500 g/mol. The second-order valence-electron chi connectivity index (χ2n) is 8.99. The molecule has 182 valence electrons. The molecule has 2 fully saturated rings. The predicted octanol–water partition coefficient (Wildman–Crippen LogP) is 2.55. The van der Waals surface area contributed by atoms with E-state index in [2.05, 4.69) is 24.0 Å². The molecule has 0 saturated carbocycles. The highest BCUT2D eigenvalue weighted by atomic mass is 33.1. The van der Waals surface area contributed by atoms with Gasteiger partial charge in [0.2, 0.25) is 0 Å². The van der Waals surface area contributed by atoms with Gasteiger partial charge in [0.05, 0.1) is 17.6 Å². The summed E-state index contributed by atoms with van der Waals surface area (Å²) in [6, 6.07) is 15.2. The molecule has 2 aromatic carbocycles. The van der Waals surface area contributed by atoms with Crippen molar-refractivity contribution in [1.82, 2.24) is 14.8 Å². The summed E-state index contributed by atoms with van der Waals surface area (Å²) < 4.78 is 0. The molecule has 7 nitrogen and oxygen atoms in total. The maximum absolute atomic E-state index is 13.5. The highest BCUT2D eigenvalue weighted by Crippen LogP contribution is 2.28. The molecule has 4 rings (SSSR count). The van der Waals surface area contributed by atoms with Crippen LogP contribution >= 0.6 is 21.6 Å². The van der Waals surface area contributed by atoms with E-state index < -0.39 is 6.04 Å². The van der Waals surface area contributed by atoms with E-state index >= 15 is 0 Å². The topological polar surface area (TPSA) is 95.9 Å². The summed E-state index contributed by atoms with van der Waals surface area (Å²) >= 11 is 0. The van der Waals surface area contributed by atoms with Crippen LogP contribution in [-0.2, 0) is 4.79 Å². The lowest BCUT2D eigenvalue weighted by molar-refractivity contribution is -0.135. The lowest BCUT2D eigenvalue weighted by Crippen LogP contribution is -2.61. The molecule has 0 bridgehead atoms. The first-order valence-corrected chi connectivity index (χ1v) is 14.4. The van der Waals surface area contributed by atoms with Gasteiger partial charge in [-0.1, -0.05) is 65.6 Å². The Balaban J connectivity index is 1.49.